The van der Waals surface area contributed by atoms with Crippen LogP contribution in [0.2, 0.25) is 0 Å². The molecule has 1 aliphatic heterocycles. The SMILES string of the molecule is NC(=O)c1c(NC(=O)[C@H]2CCCO2)sc2c1CCCC2. The number of anilines is 1. The molecule has 1 aromatic heterocycles. The third-order valence-corrected chi connectivity index (χ3v) is 5.08. The molecule has 1 atom stereocenters. The van der Waals surface area contributed by atoms with Gasteiger partial charge in [-0.05, 0) is 44.1 Å². The van der Waals surface area contributed by atoms with Crippen LogP contribution in [-0.4, -0.2) is 24.5 Å². The minimum Gasteiger partial charge on any atom is -0.368 e. The zero-order valence-electron chi connectivity index (χ0n) is 11.2. The lowest BCUT2D eigenvalue weighted by Crippen LogP contribution is -2.27. The molecule has 1 saturated heterocycles. The van der Waals surface area contributed by atoms with Crippen LogP contribution >= 0.6 is 11.3 Å². The fourth-order valence-corrected chi connectivity index (χ4v) is 4.19. The Hall–Kier alpha value is -1.40. The summed E-state index contributed by atoms with van der Waals surface area (Å²) in [5.41, 5.74) is 7.05. The van der Waals surface area contributed by atoms with Crippen LogP contribution in [0.5, 0.6) is 0 Å². The standard InChI is InChI=1S/C14H18N2O3S/c15-12(17)11-8-4-1-2-6-10(8)20-14(11)16-13(18)9-5-3-7-19-9/h9H,1-7H2,(H2,15,17)(H,16,18)/t9-/m1/s1. The highest BCUT2D eigenvalue weighted by atomic mass is 32.1. The molecule has 20 heavy (non-hydrogen) atoms. The molecule has 0 radical (unpaired) electrons. The second-order valence-electron chi connectivity index (χ2n) is 5.27. The molecule has 5 nitrogen and oxygen atoms in total. The zero-order valence-corrected chi connectivity index (χ0v) is 12.1. The van der Waals surface area contributed by atoms with Crippen molar-refractivity contribution in [3.63, 3.8) is 0 Å². The van der Waals surface area contributed by atoms with E-state index in [2.05, 4.69) is 5.32 Å². The number of rotatable bonds is 3. The Labute approximate surface area is 121 Å². The van der Waals surface area contributed by atoms with Crippen molar-refractivity contribution in [1.29, 1.82) is 0 Å². The van der Waals surface area contributed by atoms with Gasteiger partial charge in [0.15, 0.2) is 0 Å². The van der Waals surface area contributed by atoms with Crippen molar-refractivity contribution in [2.24, 2.45) is 5.73 Å². The zero-order chi connectivity index (χ0) is 14.1. The van der Waals surface area contributed by atoms with Gasteiger partial charge in [0.05, 0.1) is 5.56 Å². The Kier molecular flexibility index (Phi) is 3.76. The molecule has 2 aliphatic rings. The molecule has 0 unspecified atom stereocenters. The van der Waals surface area contributed by atoms with E-state index in [0.717, 1.165) is 44.1 Å². The van der Waals surface area contributed by atoms with Crippen LogP contribution in [-0.2, 0) is 22.4 Å². The molecule has 1 aliphatic carbocycles. The number of amides is 2. The van der Waals surface area contributed by atoms with Crippen LogP contribution < -0.4 is 11.1 Å². The van der Waals surface area contributed by atoms with Crippen LogP contribution in [0.3, 0.4) is 0 Å². The Morgan fingerprint density at radius 1 is 1.25 bits per heavy atom. The molecule has 108 valence electrons. The van der Waals surface area contributed by atoms with Gasteiger partial charge in [-0.15, -0.1) is 11.3 Å². The van der Waals surface area contributed by atoms with E-state index in [-0.39, 0.29) is 5.91 Å². The lowest BCUT2D eigenvalue weighted by molar-refractivity contribution is -0.124. The van der Waals surface area contributed by atoms with Crippen molar-refractivity contribution in [3.8, 4) is 0 Å². The number of carbonyl (C=O) groups is 2. The smallest absolute Gasteiger partial charge is 0.254 e. The number of primary amides is 1. The fraction of sp³-hybridized carbons (Fsp3) is 0.571. The Morgan fingerprint density at radius 2 is 2.05 bits per heavy atom. The summed E-state index contributed by atoms with van der Waals surface area (Å²) in [7, 11) is 0. The molecule has 1 aromatic rings. The molecule has 0 saturated carbocycles. The van der Waals surface area contributed by atoms with Crippen molar-refractivity contribution in [1.82, 2.24) is 0 Å². The molecule has 3 rings (SSSR count). The first-order valence-electron chi connectivity index (χ1n) is 7.03. The molecule has 0 spiro atoms. The third kappa shape index (κ3) is 2.45. The monoisotopic (exact) mass is 294 g/mol. The second-order valence-corrected chi connectivity index (χ2v) is 6.38. The van der Waals surface area contributed by atoms with Gasteiger partial charge in [0, 0.05) is 11.5 Å². The minimum atomic E-state index is -0.452. The number of aryl methyl sites for hydroxylation is 1. The average molecular weight is 294 g/mol. The van der Waals surface area contributed by atoms with E-state index in [4.69, 9.17) is 10.5 Å². The number of hydrogen-bond donors (Lipinski definition) is 2. The van der Waals surface area contributed by atoms with Crippen molar-refractivity contribution in [2.75, 3.05) is 11.9 Å². The van der Waals surface area contributed by atoms with Crippen molar-refractivity contribution in [3.05, 3.63) is 16.0 Å². The Bertz CT molecular complexity index is 547. The van der Waals surface area contributed by atoms with Crippen LogP contribution in [0, 0.1) is 0 Å². The van der Waals surface area contributed by atoms with Crippen molar-refractivity contribution in [2.45, 2.75) is 44.6 Å². The molecule has 0 bridgehead atoms. The fourth-order valence-electron chi connectivity index (χ4n) is 2.89. The highest BCUT2D eigenvalue weighted by Crippen LogP contribution is 2.38. The first kappa shape index (κ1) is 13.6. The largest absolute Gasteiger partial charge is 0.368 e. The number of ether oxygens (including phenoxy) is 1. The van der Waals surface area contributed by atoms with Crippen LogP contribution in [0.1, 0.15) is 46.5 Å². The van der Waals surface area contributed by atoms with E-state index < -0.39 is 12.0 Å². The van der Waals surface area contributed by atoms with E-state index in [9.17, 15) is 9.59 Å². The van der Waals surface area contributed by atoms with Gasteiger partial charge in [0.1, 0.15) is 11.1 Å². The Balaban J connectivity index is 1.86. The van der Waals surface area contributed by atoms with Gasteiger partial charge < -0.3 is 15.8 Å². The lowest BCUT2D eigenvalue weighted by Gasteiger charge is -2.12. The molecule has 3 N–H and O–H groups in total. The topological polar surface area (TPSA) is 81.4 Å². The summed E-state index contributed by atoms with van der Waals surface area (Å²) >= 11 is 1.49. The summed E-state index contributed by atoms with van der Waals surface area (Å²) in [6.45, 7) is 0.627. The summed E-state index contributed by atoms with van der Waals surface area (Å²) in [5.74, 6) is -0.615. The maximum Gasteiger partial charge on any atom is 0.254 e. The van der Waals surface area contributed by atoms with Crippen LogP contribution in [0.4, 0.5) is 5.00 Å². The predicted octanol–water partition coefficient (Wildman–Crippen LogP) is 1.84. The highest BCUT2D eigenvalue weighted by molar-refractivity contribution is 7.17. The van der Waals surface area contributed by atoms with Gasteiger partial charge in [0.25, 0.3) is 11.8 Å². The van der Waals surface area contributed by atoms with E-state index >= 15 is 0 Å². The van der Waals surface area contributed by atoms with Crippen LogP contribution in [0.25, 0.3) is 0 Å². The van der Waals surface area contributed by atoms with E-state index in [0.29, 0.717) is 17.2 Å². The van der Waals surface area contributed by atoms with E-state index in [1.54, 1.807) is 0 Å². The predicted molar refractivity (Wildman–Crippen MR) is 77.1 cm³/mol. The number of fused-ring (bicyclic) bond motifs is 1. The highest BCUT2D eigenvalue weighted by Gasteiger charge is 2.28. The summed E-state index contributed by atoms with van der Waals surface area (Å²) < 4.78 is 5.37. The Morgan fingerprint density at radius 3 is 2.75 bits per heavy atom. The molecule has 2 heterocycles. The lowest BCUT2D eigenvalue weighted by atomic mass is 9.95. The summed E-state index contributed by atoms with van der Waals surface area (Å²) in [5, 5.41) is 3.45. The normalized spacial score (nSPS) is 21.5. The average Bonchev–Trinajstić information content (AvgIpc) is 3.05. The first-order valence-corrected chi connectivity index (χ1v) is 7.85. The van der Waals surface area contributed by atoms with Gasteiger partial charge in [-0.2, -0.15) is 0 Å². The first-order chi connectivity index (χ1) is 9.66. The number of nitrogens with one attached hydrogen (secondary N) is 1. The number of hydrogen-bond acceptors (Lipinski definition) is 4. The molecule has 0 aromatic carbocycles. The quantitative estimate of drug-likeness (QED) is 0.892. The van der Waals surface area contributed by atoms with Gasteiger partial charge in [-0.1, -0.05) is 0 Å². The van der Waals surface area contributed by atoms with E-state index in [1.165, 1.54) is 16.2 Å². The number of nitrogens with two attached hydrogens (primary N) is 1. The summed E-state index contributed by atoms with van der Waals surface area (Å²) in [6.07, 6.45) is 5.30. The third-order valence-electron chi connectivity index (χ3n) is 3.88. The van der Waals surface area contributed by atoms with Gasteiger partial charge in [-0.25, -0.2) is 0 Å². The molecule has 2 amide bonds. The second kappa shape index (κ2) is 5.54. The molecular weight excluding hydrogens is 276 g/mol. The minimum absolute atomic E-state index is 0.163. The number of carbonyl (C=O) groups excluding carboxylic acids is 2. The maximum atomic E-state index is 12.1. The van der Waals surface area contributed by atoms with Gasteiger partial charge >= 0.3 is 0 Å². The van der Waals surface area contributed by atoms with E-state index in [1.807, 2.05) is 0 Å². The summed E-state index contributed by atoms with van der Waals surface area (Å²) in [4.78, 5) is 25.0. The molecule has 6 heteroatoms. The summed E-state index contributed by atoms with van der Waals surface area (Å²) in [6, 6.07) is 0. The van der Waals surface area contributed by atoms with Gasteiger partial charge in [-0.3, -0.25) is 9.59 Å². The number of thiophene rings is 1. The molecular formula is C14H18N2O3S. The van der Waals surface area contributed by atoms with Crippen molar-refractivity contribution < 1.29 is 14.3 Å². The van der Waals surface area contributed by atoms with Gasteiger partial charge in [0.2, 0.25) is 0 Å². The maximum absolute atomic E-state index is 12.1. The van der Waals surface area contributed by atoms with Crippen molar-refractivity contribution >= 4 is 28.2 Å². The molecule has 1 fully saturated rings. The van der Waals surface area contributed by atoms with Crippen LogP contribution in [0.15, 0.2) is 0 Å².